The fraction of sp³-hybridized carbons (Fsp3) is 0.217. The van der Waals surface area contributed by atoms with Crippen molar-refractivity contribution in [2.24, 2.45) is 0 Å². The Morgan fingerprint density at radius 1 is 1.19 bits per heavy atom. The molecule has 1 aliphatic rings. The van der Waals surface area contributed by atoms with Gasteiger partial charge in [0.1, 0.15) is 5.82 Å². The molecule has 0 bridgehead atoms. The van der Waals surface area contributed by atoms with E-state index in [4.69, 9.17) is 0 Å². The van der Waals surface area contributed by atoms with Crippen LogP contribution in [0.25, 0.3) is 10.9 Å². The molecular weight excluding hydrogens is 397 g/mol. The molecule has 0 spiro atoms. The van der Waals surface area contributed by atoms with E-state index in [-0.39, 0.29) is 23.7 Å². The molecule has 31 heavy (non-hydrogen) atoms. The molecule has 1 atom stereocenters. The van der Waals surface area contributed by atoms with E-state index in [2.05, 4.69) is 27.2 Å². The van der Waals surface area contributed by atoms with Crippen molar-refractivity contribution in [2.45, 2.75) is 18.9 Å². The maximum Gasteiger partial charge on any atom is 0.253 e. The fourth-order valence-corrected chi connectivity index (χ4v) is 3.60. The van der Waals surface area contributed by atoms with Gasteiger partial charge < -0.3 is 15.5 Å². The molecule has 0 unspecified atom stereocenters. The number of nitrogens with one attached hydrogen (secondary N) is 2. The van der Waals surface area contributed by atoms with Crippen LogP contribution < -0.4 is 10.6 Å². The topological polar surface area (TPSA) is 87.2 Å². The van der Waals surface area contributed by atoms with Crippen LogP contribution in [0.5, 0.6) is 0 Å². The minimum Gasteiger partial charge on any atom is -0.350 e. The molecule has 8 heteroatoms. The van der Waals surface area contributed by atoms with Gasteiger partial charge >= 0.3 is 0 Å². The Balaban J connectivity index is 1.41. The molecule has 2 heterocycles. The number of benzene rings is 2. The average molecular weight is 419 g/mol. The maximum absolute atomic E-state index is 13.5. The van der Waals surface area contributed by atoms with Crippen LogP contribution in [0.15, 0.2) is 61.3 Å². The van der Waals surface area contributed by atoms with E-state index in [0.717, 1.165) is 18.2 Å². The van der Waals surface area contributed by atoms with Crippen molar-refractivity contribution in [1.82, 2.24) is 14.9 Å². The summed E-state index contributed by atoms with van der Waals surface area (Å²) in [6.07, 6.45) is 4.57. The summed E-state index contributed by atoms with van der Waals surface area (Å²) >= 11 is 0. The largest absolute Gasteiger partial charge is 0.350 e. The highest BCUT2D eigenvalue weighted by molar-refractivity contribution is 5.99. The molecule has 1 aliphatic heterocycles. The van der Waals surface area contributed by atoms with Crippen LogP contribution in [0.1, 0.15) is 23.2 Å². The predicted octanol–water partition coefficient (Wildman–Crippen LogP) is 3.61. The van der Waals surface area contributed by atoms with Crippen molar-refractivity contribution >= 4 is 34.4 Å². The van der Waals surface area contributed by atoms with E-state index in [1.54, 1.807) is 41.4 Å². The van der Waals surface area contributed by atoms with Gasteiger partial charge in [0.05, 0.1) is 5.52 Å². The van der Waals surface area contributed by atoms with Crippen molar-refractivity contribution in [1.29, 1.82) is 0 Å². The number of amides is 2. The minimum atomic E-state index is -0.346. The van der Waals surface area contributed by atoms with Crippen molar-refractivity contribution in [3.8, 4) is 0 Å². The van der Waals surface area contributed by atoms with E-state index in [0.29, 0.717) is 35.8 Å². The van der Waals surface area contributed by atoms with Crippen LogP contribution in [-0.2, 0) is 4.79 Å². The summed E-state index contributed by atoms with van der Waals surface area (Å²) in [4.78, 5) is 34.8. The van der Waals surface area contributed by atoms with Gasteiger partial charge in [-0.25, -0.2) is 14.4 Å². The monoisotopic (exact) mass is 419 g/mol. The third kappa shape index (κ3) is 4.85. The van der Waals surface area contributed by atoms with Gasteiger partial charge in [0, 0.05) is 48.0 Å². The lowest BCUT2D eigenvalue weighted by Crippen LogP contribution is -2.45. The zero-order valence-electron chi connectivity index (χ0n) is 16.8. The summed E-state index contributed by atoms with van der Waals surface area (Å²) in [7, 11) is 0. The van der Waals surface area contributed by atoms with Crippen LogP contribution in [0.4, 0.5) is 16.0 Å². The molecule has 4 rings (SSSR count). The number of piperidine rings is 1. The highest BCUT2D eigenvalue weighted by Gasteiger charge is 2.25. The van der Waals surface area contributed by atoms with Gasteiger partial charge in [0.2, 0.25) is 11.9 Å². The van der Waals surface area contributed by atoms with Crippen molar-refractivity contribution in [3.63, 3.8) is 0 Å². The van der Waals surface area contributed by atoms with Crippen molar-refractivity contribution in [3.05, 3.63) is 72.7 Å². The molecule has 2 aromatic carbocycles. The van der Waals surface area contributed by atoms with E-state index in [9.17, 15) is 14.0 Å². The fourth-order valence-electron chi connectivity index (χ4n) is 3.60. The first-order valence-electron chi connectivity index (χ1n) is 10.0. The van der Waals surface area contributed by atoms with Gasteiger partial charge in [-0.1, -0.05) is 6.58 Å². The Morgan fingerprint density at radius 3 is 2.77 bits per heavy atom. The van der Waals surface area contributed by atoms with Crippen LogP contribution in [0, 0.1) is 5.82 Å². The number of carbonyl (C=O) groups is 2. The number of halogens is 1. The lowest BCUT2D eigenvalue weighted by Gasteiger charge is -2.33. The molecule has 2 amide bonds. The van der Waals surface area contributed by atoms with E-state index >= 15 is 0 Å². The van der Waals surface area contributed by atoms with Crippen LogP contribution in [0.3, 0.4) is 0 Å². The lowest BCUT2D eigenvalue weighted by molar-refractivity contribution is -0.111. The molecule has 158 valence electrons. The Hall–Kier alpha value is -3.81. The van der Waals surface area contributed by atoms with E-state index in [1.165, 1.54) is 18.2 Å². The second kappa shape index (κ2) is 8.91. The molecule has 0 radical (unpaired) electrons. The molecule has 0 saturated carbocycles. The number of aromatic nitrogens is 2. The van der Waals surface area contributed by atoms with Crippen LogP contribution >= 0.6 is 0 Å². The molecule has 1 saturated heterocycles. The minimum absolute atomic E-state index is 0.00476. The second-order valence-electron chi connectivity index (χ2n) is 7.40. The number of anilines is 2. The normalized spacial score (nSPS) is 16.0. The third-order valence-electron chi connectivity index (χ3n) is 5.17. The van der Waals surface area contributed by atoms with E-state index in [1.807, 2.05) is 0 Å². The lowest BCUT2D eigenvalue weighted by atomic mass is 10.0. The molecule has 7 nitrogen and oxygen atoms in total. The quantitative estimate of drug-likeness (QED) is 0.617. The SMILES string of the molecule is C=CC(=O)Nc1ccc(C(=O)N2CCC[C@H](Nc3ncc4ccc(F)cc4n3)C2)cc1. The number of hydrogen-bond acceptors (Lipinski definition) is 5. The van der Waals surface area contributed by atoms with Crippen molar-refractivity contribution in [2.75, 3.05) is 23.7 Å². The first kappa shape index (κ1) is 20.5. The second-order valence-corrected chi connectivity index (χ2v) is 7.40. The van der Waals surface area contributed by atoms with Gasteiger partial charge in [0.15, 0.2) is 0 Å². The molecule has 1 aromatic heterocycles. The summed E-state index contributed by atoms with van der Waals surface area (Å²) in [6, 6.07) is 11.2. The Morgan fingerprint density at radius 2 is 2.00 bits per heavy atom. The zero-order valence-corrected chi connectivity index (χ0v) is 16.8. The molecule has 2 N–H and O–H groups in total. The Bertz CT molecular complexity index is 1130. The highest BCUT2D eigenvalue weighted by Crippen LogP contribution is 2.19. The average Bonchev–Trinajstić information content (AvgIpc) is 2.79. The zero-order chi connectivity index (χ0) is 21.8. The Kier molecular flexibility index (Phi) is 5.88. The number of rotatable bonds is 5. The summed E-state index contributed by atoms with van der Waals surface area (Å²) in [5.41, 5.74) is 1.68. The number of carbonyl (C=O) groups excluding carboxylic acids is 2. The summed E-state index contributed by atoms with van der Waals surface area (Å²) in [5, 5.41) is 6.69. The molecule has 1 fully saturated rings. The molecular formula is C23H22FN5O2. The highest BCUT2D eigenvalue weighted by atomic mass is 19.1. The van der Waals surface area contributed by atoms with Gasteiger partial charge in [-0.2, -0.15) is 0 Å². The van der Waals surface area contributed by atoms with E-state index < -0.39 is 0 Å². The number of fused-ring (bicyclic) bond motifs is 1. The smallest absolute Gasteiger partial charge is 0.253 e. The van der Waals surface area contributed by atoms with Crippen molar-refractivity contribution < 1.29 is 14.0 Å². The first-order chi connectivity index (χ1) is 15.0. The number of likely N-dealkylation sites (tertiary alicyclic amines) is 1. The molecule has 3 aromatic rings. The summed E-state index contributed by atoms with van der Waals surface area (Å²) < 4.78 is 13.5. The van der Waals surface area contributed by atoms with Crippen LogP contribution in [-0.4, -0.2) is 45.8 Å². The van der Waals surface area contributed by atoms with Gasteiger partial charge in [0.25, 0.3) is 5.91 Å². The number of nitrogens with zero attached hydrogens (tertiary/aromatic N) is 3. The Labute approximate surface area is 179 Å². The summed E-state index contributed by atoms with van der Waals surface area (Å²) in [6.45, 7) is 4.59. The third-order valence-corrected chi connectivity index (χ3v) is 5.17. The first-order valence-corrected chi connectivity index (χ1v) is 10.0. The standard InChI is InChI=1S/C23H22FN5O2/c1-2-21(30)26-18-9-6-15(7-10-18)22(31)29-11-3-4-19(14-29)27-23-25-13-16-5-8-17(24)12-20(16)28-23/h2,5-10,12-13,19H,1,3-4,11,14H2,(H,26,30)(H,25,27,28)/t19-/m0/s1. The molecule has 0 aliphatic carbocycles. The number of hydrogen-bond donors (Lipinski definition) is 2. The van der Waals surface area contributed by atoms with Gasteiger partial charge in [-0.05, 0) is 55.3 Å². The van der Waals surface area contributed by atoms with Gasteiger partial charge in [-0.3, -0.25) is 9.59 Å². The van der Waals surface area contributed by atoms with Gasteiger partial charge in [-0.15, -0.1) is 0 Å². The summed E-state index contributed by atoms with van der Waals surface area (Å²) in [5.74, 6) is -0.307. The van der Waals surface area contributed by atoms with Crippen LogP contribution in [0.2, 0.25) is 0 Å². The maximum atomic E-state index is 13.5. The predicted molar refractivity (Wildman–Crippen MR) is 117 cm³/mol.